The zero-order chi connectivity index (χ0) is 13.2. The predicted molar refractivity (Wildman–Crippen MR) is 70.1 cm³/mol. The number of nitrogens with one attached hydrogen (secondary N) is 1. The van der Waals surface area contributed by atoms with Gasteiger partial charge in [0.05, 0.1) is 11.6 Å². The number of carbonyl (C=O) groups is 1. The Kier molecular flexibility index (Phi) is 3.58. The second-order valence-electron chi connectivity index (χ2n) is 4.52. The van der Waals surface area contributed by atoms with Gasteiger partial charge in [-0.1, -0.05) is 15.9 Å². The van der Waals surface area contributed by atoms with Gasteiger partial charge in [0.1, 0.15) is 11.3 Å². The van der Waals surface area contributed by atoms with E-state index in [4.69, 9.17) is 0 Å². The van der Waals surface area contributed by atoms with Crippen LogP contribution in [0.4, 0.5) is 0 Å². The number of phenols is 1. The smallest absolute Gasteiger partial charge is 0.256 e. The molecule has 1 saturated carbocycles. The van der Waals surface area contributed by atoms with Crippen molar-refractivity contribution in [2.75, 3.05) is 0 Å². The topological polar surface area (TPSA) is 73.1 Å². The fourth-order valence-electron chi connectivity index (χ4n) is 2.22. The molecule has 0 radical (unpaired) electrons. The van der Waals surface area contributed by atoms with Crippen molar-refractivity contribution in [1.29, 1.82) is 5.26 Å². The maximum absolute atomic E-state index is 12.1. The highest BCUT2D eigenvalue weighted by Gasteiger charge is 2.35. The number of nitriles is 1. The Labute approximate surface area is 114 Å². The minimum absolute atomic E-state index is 0.0899. The van der Waals surface area contributed by atoms with Gasteiger partial charge >= 0.3 is 0 Å². The Bertz CT molecular complexity index is 516. The summed E-state index contributed by atoms with van der Waals surface area (Å²) in [6, 6.07) is 6.87. The van der Waals surface area contributed by atoms with Crippen LogP contribution in [0.3, 0.4) is 0 Å². The summed E-state index contributed by atoms with van der Waals surface area (Å²) in [4.78, 5) is 12.1. The summed E-state index contributed by atoms with van der Waals surface area (Å²) in [5.41, 5.74) is -0.573. The van der Waals surface area contributed by atoms with Gasteiger partial charge in [0.2, 0.25) is 0 Å². The highest BCUT2D eigenvalue weighted by molar-refractivity contribution is 9.10. The van der Waals surface area contributed by atoms with Crippen molar-refractivity contribution in [3.05, 3.63) is 28.2 Å². The number of carbonyl (C=O) groups excluding carboxylic acids is 1. The molecule has 0 spiro atoms. The number of halogens is 1. The van der Waals surface area contributed by atoms with Gasteiger partial charge in [-0.3, -0.25) is 4.79 Å². The molecule has 2 rings (SSSR count). The summed E-state index contributed by atoms with van der Waals surface area (Å²) < 4.78 is 0.701. The number of rotatable bonds is 2. The average Bonchev–Trinajstić information content (AvgIpc) is 2.78. The van der Waals surface area contributed by atoms with Gasteiger partial charge < -0.3 is 10.4 Å². The number of phenolic OH excluding ortho intramolecular Hbond substituents is 1. The van der Waals surface area contributed by atoms with E-state index in [-0.39, 0.29) is 11.3 Å². The first-order chi connectivity index (χ1) is 8.56. The third-order valence-electron chi connectivity index (χ3n) is 3.23. The first-order valence-corrected chi connectivity index (χ1v) is 6.58. The molecule has 5 heteroatoms. The number of benzene rings is 1. The van der Waals surface area contributed by atoms with Crippen LogP contribution in [0.2, 0.25) is 0 Å². The normalized spacial score (nSPS) is 17.1. The van der Waals surface area contributed by atoms with Gasteiger partial charge in [-0.2, -0.15) is 5.26 Å². The van der Waals surface area contributed by atoms with Gasteiger partial charge in [-0.25, -0.2) is 0 Å². The van der Waals surface area contributed by atoms with E-state index in [0.29, 0.717) is 17.3 Å². The first-order valence-electron chi connectivity index (χ1n) is 5.79. The fourth-order valence-corrected chi connectivity index (χ4v) is 2.57. The van der Waals surface area contributed by atoms with Crippen LogP contribution in [0, 0.1) is 11.3 Å². The molecule has 0 bridgehead atoms. The summed E-state index contributed by atoms with van der Waals surface area (Å²) in [6.07, 6.45) is 3.24. The molecule has 0 atom stereocenters. The summed E-state index contributed by atoms with van der Waals surface area (Å²) in [7, 11) is 0. The van der Waals surface area contributed by atoms with Crippen LogP contribution in [0.25, 0.3) is 0 Å². The van der Waals surface area contributed by atoms with Crippen LogP contribution >= 0.6 is 15.9 Å². The van der Waals surface area contributed by atoms with E-state index in [9.17, 15) is 15.2 Å². The molecule has 0 aromatic heterocycles. The number of aromatic hydroxyl groups is 1. The van der Waals surface area contributed by atoms with Crippen LogP contribution < -0.4 is 5.32 Å². The predicted octanol–water partition coefficient (Wildman–Crippen LogP) is 2.72. The Hall–Kier alpha value is -1.54. The monoisotopic (exact) mass is 308 g/mol. The SMILES string of the molecule is N#CC1(NC(=O)c2ccc(Br)cc2O)CCCC1. The first kappa shape index (κ1) is 12.9. The second kappa shape index (κ2) is 4.99. The summed E-state index contributed by atoms with van der Waals surface area (Å²) >= 11 is 3.21. The third-order valence-corrected chi connectivity index (χ3v) is 3.72. The Morgan fingerprint density at radius 2 is 2.11 bits per heavy atom. The maximum Gasteiger partial charge on any atom is 0.256 e. The molecule has 1 fully saturated rings. The van der Waals surface area contributed by atoms with Crippen LogP contribution in [-0.2, 0) is 0 Å². The number of nitrogens with zero attached hydrogens (tertiary/aromatic N) is 1. The molecule has 1 amide bonds. The van der Waals surface area contributed by atoms with E-state index in [0.717, 1.165) is 12.8 Å². The number of hydrogen-bond donors (Lipinski definition) is 2. The van der Waals surface area contributed by atoms with Gasteiger partial charge in [-0.15, -0.1) is 0 Å². The van der Waals surface area contributed by atoms with Gasteiger partial charge in [0, 0.05) is 4.47 Å². The van der Waals surface area contributed by atoms with Crippen molar-refractivity contribution in [2.24, 2.45) is 0 Å². The average molecular weight is 309 g/mol. The molecule has 2 N–H and O–H groups in total. The van der Waals surface area contributed by atoms with Crippen molar-refractivity contribution >= 4 is 21.8 Å². The van der Waals surface area contributed by atoms with E-state index < -0.39 is 11.4 Å². The van der Waals surface area contributed by atoms with E-state index in [2.05, 4.69) is 27.3 Å². The van der Waals surface area contributed by atoms with Crippen molar-refractivity contribution in [3.63, 3.8) is 0 Å². The molecule has 1 aliphatic carbocycles. The molecule has 0 aliphatic heterocycles. The molecule has 0 unspecified atom stereocenters. The minimum Gasteiger partial charge on any atom is -0.507 e. The lowest BCUT2D eigenvalue weighted by atomic mass is 9.99. The second-order valence-corrected chi connectivity index (χ2v) is 5.43. The maximum atomic E-state index is 12.1. The van der Waals surface area contributed by atoms with E-state index in [1.807, 2.05) is 0 Å². The van der Waals surface area contributed by atoms with Crippen LogP contribution in [0.5, 0.6) is 5.75 Å². The van der Waals surface area contributed by atoms with Gasteiger partial charge in [0.15, 0.2) is 0 Å². The third kappa shape index (κ3) is 2.49. The van der Waals surface area contributed by atoms with E-state index >= 15 is 0 Å². The minimum atomic E-state index is -0.767. The molecule has 4 nitrogen and oxygen atoms in total. The summed E-state index contributed by atoms with van der Waals surface area (Å²) in [5, 5.41) is 21.7. The molecule has 94 valence electrons. The van der Waals surface area contributed by atoms with Crippen LogP contribution in [0.1, 0.15) is 36.0 Å². The van der Waals surface area contributed by atoms with Gasteiger partial charge in [0.25, 0.3) is 5.91 Å². The molecule has 1 aromatic carbocycles. The highest BCUT2D eigenvalue weighted by atomic mass is 79.9. The molecule has 18 heavy (non-hydrogen) atoms. The van der Waals surface area contributed by atoms with Crippen molar-refractivity contribution < 1.29 is 9.90 Å². The number of amides is 1. The van der Waals surface area contributed by atoms with Crippen LogP contribution in [0.15, 0.2) is 22.7 Å². The molecule has 1 aromatic rings. The zero-order valence-corrected chi connectivity index (χ0v) is 11.3. The lowest BCUT2D eigenvalue weighted by molar-refractivity contribution is 0.0918. The highest BCUT2D eigenvalue weighted by Crippen LogP contribution is 2.30. The lowest BCUT2D eigenvalue weighted by Crippen LogP contribution is -2.45. The fraction of sp³-hybridized carbons (Fsp3) is 0.385. The van der Waals surface area contributed by atoms with Crippen molar-refractivity contribution in [1.82, 2.24) is 5.32 Å². The Morgan fingerprint density at radius 1 is 1.44 bits per heavy atom. The van der Waals surface area contributed by atoms with Crippen molar-refractivity contribution in [2.45, 2.75) is 31.2 Å². The lowest BCUT2D eigenvalue weighted by Gasteiger charge is -2.22. The van der Waals surface area contributed by atoms with E-state index in [1.54, 1.807) is 6.07 Å². The number of hydrogen-bond acceptors (Lipinski definition) is 3. The van der Waals surface area contributed by atoms with Gasteiger partial charge in [-0.05, 0) is 43.9 Å². The van der Waals surface area contributed by atoms with E-state index in [1.165, 1.54) is 12.1 Å². The summed E-state index contributed by atoms with van der Waals surface area (Å²) in [5.74, 6) is -0.489. The molecule has 0 heterocycles. The Balaban J connectivity index is 2.19. The molecule has 1 aliphatic rings. The zero-order valence-electron chi connectivity index (χ0n) is 9.74. The molecule has 0 saturated heterocycles. The van der Waals surface area contributed by atoms with Crippen molar-refractivity contribution in [3.8, 4) is 11.8 Å². The Morgan fingerprint density at radius 3 is 2.67 bits per heavy atom. The summed E-state index contributed by atoms with van der Waals surface area (Å²) in [6.45, 7) is 0. The quantitative estimate of drug-likeness (QED) is 0.882. The van der Waals surface area contributed by atoms with Crippen LogP contribution in [-0.4, -0.2) is 16.6 Å². The molecular formula is C13H13BrN2O2. The standard InChI is InChI=1S/C13H13BrN2O2/c14-9-3-4-10(11(17)7-9)12(18)16-13(8-15)5-1-2-6-13/h3-4,7,17H,1-2,5-6H2,(H,16,18). The molecular weight excluding hydrogens is 296 g/mol. The largest absolute Gasteiger partial charge is 0.507 e.